The molecule has 1 saturated heterocycles. The van der Waals surface area contributed by atoms with Gasteiger partial charge in [-0.2, -0.15) is 5.10 Å². The molecule has 1 atom stereocenters. The minimum absolute atomic E-state index is 0.143. The molecular formula is C18H19N7OS. The highest BCUT2D eigenvalue weighted by Gasteiger charge is 2.35. The van der Waals surface area contributed by atoms with E-state index in [0.29, 0.717) is 0 Å². The van der Waals surface area contributed by atoms with Crippen LogP contribution in [0.5, 0.6) is 0 Å². The van der Waals surface area contributed by atoms with E-state index in [9.17, 15) is 4.21 Å². The van der Waals surface area contributed by atoms with E-state index in [1.807, 2.05) is 22.5 Å². The molecule has 5 rings (SSSR count). The quantitative estimate of drug-likeness (QED) is 0.587. The van der Waals surface area contributed by atoms with Gasteiger partial charge in [-0.05, 0) is 38.0 Å². The maximum absolute atomic E-state index is 12.8. The van der Waals surface area contributed by atoms with Gasteiger partial charge in [0, 0.05) is 37.1 Å². The zero-order valence-corrected chi connectivity index (χ0v) is 15.7. The number of rotatable bonds is 3. The molecule has 27 heavy (non-hydrogen) atoms. The molecule has 1 aliphatic heterocycles. The summed E-state index contributed by atoms with van der Waals surface area (Å²) in [5.41, 5.74) is 2.45. The van der Waals surface area contributed by atoms with Crippen LogP contribution in [0.4, 0.5) is 0 Å². The molecule has 4 aromatic heterocycles. The maximum atomic E-state index is 12.8. The van der Waals surface area contributed by atoms with E-state index in [4.69, 9.17) is 0 Å². The van der Waals surface area contributed by atoms with E-state index >= 15 is 0 Å². The van der Waals surface area contributed by atoms with Crippen LogP contribution >= 0.6 is 0 Å². The number of H-pyrrole nitrogens is 1. The predicted octanol–water partition coefficient (Wildman–Crippen LogP) is 2.24. The molecule has 8 nitrogen and oxygen atoms in total. The summed E-state index contributed by atoms with van der Waals surface area (Å²) >= 11 is 0. The largest absolute Gasteiger partial charge is 0.263 e. The number of aromatic nitrogens is 6. The van der Waals surface area contributed by atoms with Gasteiger partial charge in [-0.15, -0.1) is 0 Å². The Labute approximate surface area is 158 Å². The van der Waals surface area contributed by atoms with Crippen molar-refractivity contribution < 1.29 is 4.21 Å². The molecule has 5 heterocycles. The summed E-state index contributed by atoms with van der Waals surface area (Å²) in [4.78, 5) is 13.5. The SMILES string of the molecule is CC1(n2[nH]nc3cnc4nccc4c32)CCN(S(=O)c2cccnc2)CC1. The standard InChI is InChI=1S/C18H19N7OS/c1-18(5-9-24(10-6-18)27(26)13-3-2-7-19-11-13)25-16-14-4-8-20-17(14)21-12-15(16)22-23-25/h2-4,7-8,11-12,23H,5-6,9-10H2,1H3. The number of hydrogen-bond donors (Lipinski definition) is 1. The van der Waals surface area contributed by atoms with Gasteiger partial charge in [0.05, 0.1) is 22.1 Å². The van der Waals surface area contributed by atoms with Crippen molar-refractivity contribution in [3.63, 3.8) is 0 Å². The van der Waals surface area contributed by atoms with Gasteiger partial charge >= 0.3 is 0 Å². The van der Waals surface area contributed by atoms with Crippen LogP contribution in [0.25, 0.3) is 22.1 Å². The van der Waals surface area contributed by atoms with Gasteiger partial charge in [0.25, 0.3) is 0 Å². The minimum Gasteiger partial charge on any atom is -0.263 e. The molecule has 138 valence electrons. The fraction of sp³-hybridized carbons (Fsp3) is 0.333. The highest BCUT2D eigenvalue weighted by atomic mass is 32.2. The second-order valence-corrected chi connectivity index (χ2v) is 8.57. The first-order valence-electron chi connectivity index (χ1n) is 8.90. The Bertz CT molecular complexity index is 1130. The molecule has 1 unspecified atom stereocenters. The number of fused-ring (bicyclic) bond motifs is 3. The summed E-state index contributed by atoms with van der Waals surface area (Å²) in [7, 11) is -1.18. The smallest absolute Gasteiger partial charge is 0.161 e. The molecule has 0 radical (unpaired) electrons. The average molecular weight is 381 g/mol. The van der Waals surface area contributed by atoms with E-state index in [1.54, 1.807) is 24.8 Å². The zero-order chi connectivity index (χ0) is 18.4. The van der Waals surface area contributed by atoms with Crippen LogP contribution in [0.3, 0.4) is 0 Å². The molecule has 9 heteroatoms. The second kappa shape index (κ2) is 6.21. The lowest BCUT2D eigenvalue weighted by Gasteiger charge is -2.39. The highest BCUT2D eigenvalue weighted by molar-refractivity contribution is 7.82. The predicted molar refractivity (Wildman–Crippen MR) is 102 cm³/mol. The van der Waals surface area contributed by atoms with Crippen molar-refractivity contribution in [3.8, 4) is 0 Å². The fourth-order valence-corrected chi connectivity index (χ4v) is 4.91. The van der Waals surface area contributed by atoms with Crippen LogP contribution < -0.4 is 0 Å². The van der Waals surface area contributed by atoms with E-state index < -0.39 is 11.0 Å². The number of aromatic amines is 1. The Morgan fingerprint density at radius 2 is 2.00 bits per heavy atom. The number of nitrogens with one attached hydrogen (secondary N) is 1. The Morgan fingerprint density at radius 3 is 2.78 bits per heavy atom. The summed E-state index contributed by atoms with van der Waals surface area (Å²) < 4.78 is 17.0. The van der Waals surface area contributed by atoms with Crippen molar-refractivity contribution in [1.29, 1.82) is 0 Å². The molecule has 0 aromatic carbocycles. The third kappa shape index (κ3) is 2.65. The zero-order valence-electron chi connectivity index (χ0n) is 14.9. The third-order valence-corrected chi connectivity index (χ3v) is 6.87. The molecule has 0 saturated carbocycles. The number of pyridine rings is 2. The van der Waals surface area contributed by atoms with Gasteiger partial charge in [0.15, 0.2) is 5.65 Å². The van der Waals surface area contributed by atoms with Gasteiger partial charge in [0.1, 0.15) is 16.5 Å². The number of hydrogen-bond acceptors (Lipinski definition) is 5. The molecular weight excluding hydrogens is 362 g/mol. The Hall–Kier alpha value is -2.65. The van der Waals surface area contributed by atoms with E-state index in [1.165, 1.54) is 0 Å². The van der Waals surface area contributed by atoms with Gasteiger partial charge in [-0.1, -0.05) is 0 Å². The molecule has 0 amide bonds. The van der Waals surface area contributed by atoms with Gasteiger partial charge < -0.3 is 0 Å². The molecule has 0 bridgehead atoms. The van der Waals surface area contributed by atoms with Crippen molar-refractivity contribution in [2.24, 2.45) is 0 Å². The van der Waals surface area contributed by atoms with Crippen molar-refractivity contribution in [2.45, 2.75) is 30.2 Å². The fourth-order valence-electron chi connectivity index (χ4n) is 3.75. The molecule has 0 spiro atoms. The monoisotopic (exact) mass is 381 g/mol. The molecule has 1 aliphatic rings. The van der Waals surface area contributed by atoms with Gasteiger partial charge in [-0.3, -0.25) is 9.67 Å². The van der Waals surface area contributed by atoms with Crippen LogP contribution in [0.15, 0.2) is 47.9 Å². The molecule has 1 N–H and O–H groups in total. The van der Waals surface area contributed by atoms with Crippen LogP contribution in [0, 0.1) is 0 Å². The number of piperidine rings is 1. The lowest BCUT2D eigenvalue weighted by Crippen LogP contribution is -2.45. The Morgan fingerprint density at radius 1 is 1.15 bits per heavy atom. The third-order valence-electron chi connectivity index (χ3n) is 5.39. The normalized spacial score (nSPS) is 18.9. The molecule has 1 fully saturated rings. The summed E-state index contributed by atoms with van der Waals surface area (Å²) in [6.45, 7) is 3.69. The van der Waals surface area contributed by atoms with Gasteiger partial charge in [-0.25, -0.2) is 23.7 Å². The lowest BCUT2D eigenvalue weighted by atomic mass is 9.90. The summed E-state index contributed by atoms with van der Waals surface area (Å²) in [5.74, 6) is 0. The minimum atomic E-state index is -1.18. The van der Waals surface area contributed by atoms with E-state index in [2.05, 4.69) is 36.9 Å². The topological polar surface area (TPSA) is 92.6 Å². The van der Waals surface area contributed by atoms with Crippen molar-refractivity contribution in [3.05, 3.63) is 43.0 Å². The van der Waals surface area contributed by atoms with E-state index in [-0.39, 0.29) is 5.54 Å². The number of nitrogens with zero attached hydrogens (tertiary/aromatic N) is 6. The van der Waals surface area contributed by atoms with Crippen LogP contribution in [0.2, 0.25) is 0 Å². The Kier molecular flexibility index (Phi) is 3.80. The first kappa shape index (κ1) is 16.5. The summed E-state index contributed by atoms with van der Waals surface area (Å²) in [6.07, 6.45) is 8.62. The van der Waals surface area contributed by atoms with Crippen molar-refractivity contribution in [2.75, 3.05) is 13.1 Å². The van der Waals surface area contributed by atoms with Crippen LogP contribution in [0.1, 0.15) is 19.8 Å². The summed E-state index contributed by atoms with van der Waals surface area (Å²) in [5, 5.41) is 8.62. The second-order valence-electron chi connectivity index (χ2n) is 7.09. The van der Waals surface area contributed by atoms with E-state index in [0.717, 1.165) is 52.9 Å². The van der Waals surface area contributed by atoms with Crippen molar-refractivity contribution in [1.82, 2.24) is 34.3 Å². The average Bonchev–Trinajstić information content (AvgIpc) is 3.35. The maximum Gasteiger partial charge on any atom is 0.161 e. The lowest BCUT2D eigenvalue weighted by molar-refractivity contribution is 0.170. The summed E-state index contributed by atoms with van der Waals surface area (Å²) in [6, 6.07) is 5.66. The first-order valence-corrected chi connectivity index (χ1v) is 10.0. The van der Waals surface area contributed by atoms with Crippen LogP contribution in [-0.2, 0) is 16.5 Å². The van der Waals surface area contributed by atoms with Crippen molar-refractivity contribution >= 4 is 33.1 Å². The van der Waals surface area contributed by atoms with Gasteiger partial charge in [0.2, 0.25) is 0 Å². The molecule has 0 aliphatic carbocycles. The Balaban J connectivity index is 1.45. The highest BCUT2D eigenvalue weighted by Crippen LogP contribution is 2.34. The molecule has 4 aromatic rings. The van der Waals surface area contributed by atoms with Crippen LogP contribution in [-0.4, -0.2) is 51.5 Å². The first-order chi connectivity index (χ1) is 13.2.